The Kier molecular flexibility index (Phi) is 3.88. The highest BCUT2D eigenvalue weighted by Gasteiger charge is 2.30. The molecule has 1 rings (SSSR count). The first-order valence-corrected chi connectivity index (χ1v) is 5.52. The maximum Gasteiger partial charge on any atom is 0.244 e. The summed E-state index contributed by atoms with van der Waals surface area (Å²) in [5.74, 6) is -0.588. The molecule has 1 amide bonds. The minimum Gasteiger partial charge on any atom is -0.319 e. The summed E-state index contributed by atoms with van der Waals surface area (Å²) in [5, 5.41) is 0. The van der Waals surface area contributed by atoms with Crippen LogP contribution >= 0.6 is 0 Å². The van der Waals surface area contributed by atoms with Gasteiger partial charge in [0.05, 0.1) is 6.04 Å². The van der Waals surface area contributed by atoms with Crippen LogP contribution in [0.25, 0.3) is 0 Å². The average Bonchev–Trinajstić information content (AvgIpc) is 2.25. The standard InChI is InChI=1S/C13H19FN2O/c1-13(2,3)11(15)12(17)16(4)10-7-5-6-9(14)8-10/h5-8,11H,15H2,1-4H3/t11-/m0/s1. The number of nitrogens with two attached hydrogens (primary N) is 1. The Morgan fingerprint density at radius 3 is 2.47 bits per heavy atom. The molecule has 1 atom stereocenters. The summed E-state index contributed by atoms with van der Waals surface area (Å²) in [5.41, 5.74) is 6.07. The molecule has 0 aromatic heterocycles. The van der Waals surface area contributed by atoms with Crippen LogP contribution in [-0.2, 0) is 4.79 Å². The van der Waals surface area contributed by atoms with Gasteiger partial charge in [-0.2, -0.15) is 0 Å². The van der Waals surface area contributed by atoms with Gasteiger partial charge in [-0.05, 0) is 23.6 Å². The van der Waals surface area contributed by atoms with Crippen molar-refractivity contribution < 1.29 is 9.18 Å². The van der Waals surface area contributed by atoms with Crippen molar-refractivity contribution in [3.63, 3.8) is 0 Å². The van der Waals surface area contributed by atoms with Gasteiger partial charge in [-0.3, -0.25) is 4.79 Å². The van der Waals surface area contributed by atoms with Gasteiger partial charge in [-0.25, -0.2) is 4.39 Å². The fraction of sp³-hybridized carbons (Fsp3) is 0.462. The van der Waals surface area contributed by atoms with Crippen LogP contribution in [0.5, 0.6) is 0 Å². The Hall–Kier alpha value is -1.42. The van der Waals surface area contributed by atoms with Crippen LogP contribution in [0.15, 0.2) is 24.3 Å². The summed E-state index contributed by atoms with van der Waals surface area (Å²) in [6.07, 6.45) is 0. The molecular weight excluding hydrogens is 219 g/mol. The van der Waals surface area contributed by atoms with E-state index in [9.17, 15) is 9.18 Å². The molecule has 0 aliphatic carbocycles. The molecule has 1 aromatic carbocycles. The van der Waals surface area contributed by atoms with Gasteiger partial charge in [0.2, 0.25) is 5.91 Å². The summed E-state index contributed by atoms with van der Waals surface area (Å²) >= 11 is 0. The minimum atomic E-state index is -0.615. The van der Waals surface area contributed by atoms with Crippen molar-refractivity contribution in [3.05, 3.63) is 30.1 Å². The zero-order valence-corrected chi connectivity index (χ0v) is 10.7. The van der Waals surface area contributed by atoms with Crippen molar-refractivity contribution in [2.45, 2.75) is 26.8 Å². The number of rotatable bonds is 2. The molecule has 2 N–H and O–H groups in total. The van der Waals surface area contributed by atoms with E-state index in [1.807, 2.05) is 20.8 Å². The third kappa shape index (κ3) is 3.27. The topological polar surface area (TPSA) is 46.3 Å². The predicted molar refractivity (Wildman–Crippen MR) is 67.2 cm³/mol. The van der Waals surface area contributed by atoms with E-state index in [-0.39, 0.29) is 17.1 Å². The number of hydrogen-bond donors (Lipinski definition) is 1. The number of amides is 1. The summed E-state index contributed by atoms with van der Waals surface area (Å²) in [7, 11) is 1.60. The number of halogens is 1. The van der Waals surface area contributed by atoms with E-state index in [2.05, 4.69) is 0 Å². The molecular formula is C13H19FN2O. The first-order chi connectivity index (χ1) is 7.73. The zero-order valence-electron chi connectivity index (χ0n) is 10.7. The highest BCUT2D eigenvalue weighted by molar-refractivity contribution is 5.97. The molecule has 0 radical (unpaired) electrons. The van der Waals surface area contributed by atoms with Gasteiger partial charge in [0.1, 0.15) is 5.82 Å². The van der Waals surface area contributed by atoms with Crippen molar-refractivity contribution >= 4 is 11.6 Å². The second-order valence-corrected chi connectivity index (χ2v) is 5.22. The van der Waals surface area contributed by atoms with Crippen LogP contribution in [-0.4, -0.2) is 19.0 Å². The first-order valence-electron chi connectivity index (χ1n) is 5.52. The van der Waals surface area contributed by atoms with Gasteiger partial charge < -0.3 is 10.6 Å². The van der Waals surface area contributed by atoms with Crippen LogP contribution in [0.4, 0.5) is 10.1 Å². The van der Waals surface area contributed by atoms with Crippen LogP contribution < -0.4 is 10.6 Å². The third-order valence-electron chi connectivity index (χ3n) is 2.73. The summed E-state index contributed by atoms with van der Waals surface area (Å²) in [6, 6.07) is 5.28. The Morgan fingerprint density at radius 1 is 1.41 bits per heavy atom. The largest absolute Gasteiger partial charge is 0.319 e. The van der Waals surface area contributed by atoms with E-state index >= 15 is 0 Å². The molecule has 94 valence electrons. The van der Waals surface area contributed by atoms with Crippen molar-refractivity contribution in [1.29, 1.82) is 0 Å². The molecule has 4 heteroatoms. The first kappa shape index (κ1) is 13.6. The predicted octanol–water partition coefficient (Wildman–Crippen LogP) is 2.16. The van der Waals surface area contributed by atoms with Gasteiger partial charge in [0, 0.05) is 12.7 Å². The van der Waals surface area contributed by atoms with Crippen molar-refractivity contribution in [1.82, 2.24) is 0 Å². The number of carbonyl (C=O) groups excluding carboxylic acids is 1. The van der Waals surface area contributed by atoms with Crippen LogP contribution in [0.1, 0.15) is 20.8 Å². The number of benzene rings is 1. The number of anilines is 1. The van der Waals surface area contributed by atoms with E-state index in [0.29, 0.717) is 5.69 Å². The van der Waals surface area contributed by atoms with Gasteiger partial charge in [0.25, 0.3) is 0 Å². The lowest BCUT2D eigenvalue weighted by atomic mass is 9.86. The molecule has 0 heterocycles. The number of carbonyl (C=O) groups is 1. The van der Waals surface area contributed by atoms with Gasteiger partial charge in [-0.15, -0.1) is 0 Å². The molecule has 0 unspecified atom stereocenters. The monoisotopic (exact) mass is 238 g/mol. The maximum absolute atomic E-state index is 13.1. The average molecular weight is 238 g/mol. The molecule has 0 saturated heterocycles. The van der Waals surface area contributed by atoms with Gasteiger partial charge in [-0.1, -0.05) is 26.8 Å². The molecule has 0 bridgehead atoms. The van der Waals surface area contributed by atoms with Crippen LogP contribution in [0, 0.1) is 11.2 Å². The number of likely N-dealkylation sites (N-methyl/N-ethyl adjacent to an activating group) is 1. The van der Waals surface area contributed by atoms with Crippen molar-refractivity contribution in [2.24, 2.45) is 11.1 Å². The van der Waals surface area contributed by atoms with E-state index in [1.54, 1.807) is 19.2 Å². The summed E-state index contributed by atoms with van der Waals surface area (Å²) in [6.45, 7) is 5.69. The van der Waals surface area contributed by atoms with E-state index in [1.165, 1.54) is 17.0 Å². The molecule has 0 saturated carbocycles. The minimum absolute atomic E-state index is 0.219. The van der Waals surface area contributed by atoms with Gasteiger partial charge >= 0.3 is 0 Å². The highest BCUT2D eigenvalue weighted by Crippen LogP contribution is 2.21. The number of hydrogen-bond acceptors (Lipinski definition) is 2. The summed E-state index contributed by atoms with van der Waals surface area (Å²) < 4.78 is 13.1. The smallest absolute Gasteiger partial charge is 0.244 e. The van der Waals surface area contributed by atoms with Crippen LogP contribution in [0.3, 0.4) is 0 Å². The SMILES string of the molecule is CN(C(=O)[C@H](N)C(C)(C)C)c1cccc(F)c1. The molecule has 0 fully saturated rings. The van der Waals surface area contributed by atoms with Crippen molar-refractivity contribution in [3.8, 4) is 0 Å². The molecule has 0 spiro atoms. The Balaban J connectivity index is 2.91. The number of nitrogens with zero attached hydrogens (tertiary/aromatic N) is 1. The van der Waals surface area contributed by atoms with E-state index < -0.39 is 6.04 Å². The van der Waals surface area contributed by atoms with E-state index in [4.69, 9.17) is 5.73 Å². The Labute approximate surface area is 101 Å². The molecule has 0 aliphatic heterocycles. The fourth-order valence-electron chi connectivity index (χ4n) is 1.39. The third-order valence-corrected chi connectivity index (χ3v) is 2.73. The second-order valence-electron chi connectivity index (χ2n) is 5.22. The molecule has 1 aromatic rings. The summed E-state index contributed by atoms with van der Waals surface area (Å²) in [4.78, 5) is 13.5. The van der Waals surface area contributed by atoms with E-state index in [0.717, 1.165) is 0 Å². The maximum atomic E-state index is 13.1. The van der Waals surface area contributed by atoms with Crippen LogP contribution in [0.2, 0.25) is 0 Å². The molecule has 17 heavy (non-hydrogen) atoms. The lowest BCUT2D eigenvalue weighted by Crippen LogP contribution is -2.49. The van der Waals surface area contributed by atoms with Crippen molar-refractivity contribution in [2.75, 3.05) is 11.9 Å². The lowest BCUT2D eigenvalue weighted by Gasteiger charge is -2.30. The highest BCUT2D eigenvalue weighted by atomic mass is 19.1. The Morgan fingerprint density at radius 2 is 2.00 bits per heavy atom. The molecule has 3 nitrogen and oxygen atoms in total. The molecule has 0 aliphatic rings. The lowest BCUT2D eigenvalue weighted by molar-refractivity contribution is -0.121. The normalized spacial score (nSPS) is 13.3. The zero-order chi connectivity index (χ0) is 13.2. The quantitative estimate of drug-likeness (QED) is 0.858. The fourth-order valence-corrected chi connectivity index (χ4v) is 1.39. The van der Waals surface area contributed by atoms with Gasteiger partial charge in [0.15, 0.2) is 0 Å². The second kappa shape index (κ2) is 4.84. The Bertz CT molecular complexity index is 412.